The number of hydrogen-bond donors (Lipinski definition) is 0. The van der Waals surface area contributed by atoms with Crippen LogP contribution < -0.4 is 10.5 Å². The number of aryl methyl sites for hydroxylation is 1. The number of allylic oxidation sites excluding steroid dienone is 1. The number of fused-ring (bicyclic) bond motifs is 1. The number of sulfone groups is 1. The first-order valence-electron chi connectivity index (χ1n) is 10.5. The Bertz CT molecular complexity index is 1390. The van der Waals surface area contributed by atoms with Crippen LogP contribution in [0, 0.1) is 24.2 Å². The smallest absolute Gasteiger partial charge is 0.267 e. The van der Waals surface area contributed by atoms with Crippen LogP contribution in [0.3, 0.4) is 0 Å². The van der Waals surface area contributed by atoms with Crippen molar-refractivity contribution in [3.05, 3.63) is 75.0 Å². The highest BCUT2D eigenvalue weighted by Crippen LogP contribution is 2.27. The molecule has 1 saturated heterocycles. The first kappa shape index (κ1) is 21.8. The highest BCUT2D eigenvalue weighted by Gasteiger charge is 2.26. The van der Waals surface area contributed by atoms with E-state index in [4.69, 9.17) is 4.98 Å². The van der Waals surface area contributed by atoms with Gasteiger partial charge in [0.15, 0.2) is 0 Å². The summed E-state index contributed by atoms with van der Waals surface area (Å²) in [6.45, 7) is 5.48. The van der Waals surface area contributed by atoms with Gasteiger partial charge in [0.25, 0.3) is 5.56 Å². The summed E-state index contributed by atoms with van der Waals surface area (Å²) >= 11 is 0. The maximum absolute atomic E-state index is 13.5. The molecule has 0 amide bonds. The lowest BCUT2D eigenvalue weighted by Crippen LogP contribution is -2.36. The second-order valence-electron chi connectivity index (χ2n) is 8.15. The zero-order valence-corrected chi connectivity index (χ0v) is 18.8. The number of aromatic nitrogens is 2. The van der Waals surface area contributed by atoms with E-state index in [2.05, 4.69) is 6.92 Å². The maximum Gasteiger partial charge on any atom is 0.267 e. The third-order valence-corrected chi connectivity index (χ3v) is 7.56. The topological polar surface area (TPSA) is 95.5 Å². The lowest BCUT2D eigenvalue weighted by molar-refractivity contribution is 0.436. The molecule has 0 spiro atoms. The Hall–Kier alpha value is -3.44. The van der Waals surface area contributed by atoms with E-state index in [1.807, 2.05) is 17.9 Å². The van der Waals surface area contributed by atoms with Gasteiger partial charge in [-0.3, -0.25) is 9.20 Å². The Labute approximate surface area is 187 Å². The van der Waals surface area contributed by atoms with Crippen LogP contribution in [-0.2, 0) is 9.84 Å². The largest absolute Gasteiger partial charge is 0.356 e. The van der Waals surface area contributed by atoms with Crippen LogP contribution in [0.5, 0.6) is 0 Å². The normalized spacial score (nSPS) is 15.7. The molecule has 1 aromatic carbocycles. The van der Waals surface area contributed by atoms with Gasteiger partial charge in [0.1, 0.15) is 22.4 Å². The summed E-state index contributed by atoms with van der Waals surface area (Å²) < 4.78 is 27.6. The molecular formula is C24H24N4O3S. The first-order valence-corrected chi connectivity index (χ1v) is 12.0. The van der Waals surface area contributed by atoms with Gasteiger partial charge in [0.2, 0.25) is 9.84 Å². The van der Waals surface area contributed by atoms with Gasteiger partial charge in [-0.1, -0.05) is 31.2 Å². The van der Waals surface area contributed by atoms with Crippen molar-refractivity contribution in [1.82, 2.24) is 9.38 Å². The van der Waals surface area contributed by atoms with Gasteiger partial charge < -0.3 is 4.90 Å². The SMILES string of the molecule is Cc1cccn2c(=O)c(C=C(C#N)S(=O)(=O)c3ccccc3)c(N3CCC(C)CC3)nc12. The van der Waals surface area contributed by atoms with Gasteiger partial charge in [-0.2, -0.15) is 5.26 Å². The van der Waals surface area contributed by atoms with Crippen molar-refractivity contribution in [3.8, 4) is 6.07 Å². The van der Waals surface area contributed by atoms with Crippen molar-refractivity contribution in [1.29, 1.82) is 5.26 Å². The van der Waals surface area contributed by atoms with Gasteiger partial charge in [0.05, 0.1) is 10.5 Å². The van der Waals surface area contributed by atoms with Crippen LogP contribution in [0.2, 0.25) is 0 Å². The number of hydrogen-bond acceptors (Lipinski definition) is 6. The quantitative estimate of drug-likeness (QED) is 0.566. The third-order valence-electron chi connectivity index (χ3n) is 5.88. The molecule has 164 valence electrons. The molecule has 0 bridgehead atoms. The average Bonchev–Trinajstić information content (AvgIpc) is 2.80. The molecule has 1 fully saturated rings. The average molecular weight is 449 g/mol. The van der Waals surface area contributed by atoms with E-state index in [0.29, 0.717) is 30.5 Å². The molecule has 7 nitrogen and oxygen atoms in total. The fourth-order valence-corrected chi connectivity index (χ4v) is 5.08. The molecule has 0 atom stereocenters. The predicted molar refractivity (Wildman–Crippen MR) is 124 cm³/mol. The zero-order chi connectivity index (χ0) is 22.9. The van der Waals surface area contributed by atoms with Crippen LogP contribution in [-0.4, -0.2) is 30.9 Å². The summed E-state index contributed by atoms with van der Waals surface area (Å²) in [6.07, 6.45) is 4.69. The molecule has 0 N–H and O–H groups in total. The van der Waals surface area contributed by atoms with Crippen molar-refractivity contribution < 1.29 is 8.42 Å². The summed E-state index contributed by atoms with van der Waals surface area (Å²) in [4.78, 5) is 19.8. The molecular weight excluding hydrogens is 424 g/mol. The number of rotatable bonds is 4. The number of benzene rings is 1. The van der Waals surface area contributed by atoms with E-state index < -0.39 is 20.3 Å². The van der Waals surface area contributed by atoms with E-state index >= 15 is 0 Å². The van der Waals surface area contributed by atoms with E-state index in [1.165, 1.54) is 22.6 Å². The first-order chi connectivity index (χ1) is 15.3. The highest BCUT2D eigenvalue weighted by atomic mass is 32.2. The van der Waals surface area contributed by atoms with E-state index in [9.17, 15) is 18.5 Å². The minimum atomic E-state index is -4.08. The molecule has 0 saturated carbocycles. The monoisotopic (exact) mass is 448 g/mol. The van der Waals surface area contributed by atoms with Crippen LogP contribution in [0.4, 0.5) is 5.82 Å². The number of anilines is 1. The molecule has 3 aromatic rings. The van der Waals surface area contributed by atoms with Crippen LogP contribution in [0.1, 0.15) is 30.9 Å². The lowest BCUT2D eigenvalue weighted by atomic mass is 9.99. The molecule has 4 rings (SSSR count). The zero-order valence-electron chi connectivity index (χ0n) is 18.0. The van der Waals surface area contributed by atoms with Crippen molar-refractivity contribution in [2.45, 2.75) is 31.6 Å². The second kappa shape index (κ2) is 8.60. The molecule has 3 heterocycles. The number of nitriles is 1. The molecule has 8 heteroatoms. The molecule has 32 heavy (non-hydrogen) atoms. The number of piperidine rings is 1. The Balaban J connectivity index is 1.96. The number of nitrogens with zero attached hydrogens (tertiary/aromatic N) is 4. The fraction of sp³-hybridized carbons (Fsp3) is 0.292. The van der Waals surface area contributed by atoms with Crippen LogP contribution in [0.25, 0.3) is 11.7 Å². The fourth-order valence-electron chi connectivity index (χ4n) is 3.92. The summed E-state index contributed by atoms with van der Waals surface area (Å²) in [5.74, 6) is 0.994. The Kier molecular flexibility index (Phi) is 5.85. The summed E-state index contributed by atoms with van der Waals surface area (Å²) in [5, 5.41) is 9.73. The summed E-state index contributed by atoms with van der Waals surface area (Å²) in [6, 6.07) is 13.2. The Morgan fingerprint density at radius 1 is 1.16 bits per heavy atom. The van der Waals surface area contributed by atoms with Crippen molar-refractivity contribution in [3.63, 3.8) is 0 Å². The Morgan fingerprint density at radius 3 is 2.50 bits per heavy atom. The van der Waals surface area contributed by atoms with Gasteiger partial charge in [-0.15, -0.1) is 0 Å². The molecule has 0 unspecified atom stereocenters. The van der Waals surface area contributed by atoms with Crippen molar-refractivity contribution >= 4 is 27.4 Å². The van der Waals surface area contributed by atoms with Crippen molar-refractivity contribution in [2.24, 2.45) is 5.92 Å². The van der Waals surface area contributed by atoms with Crippen LogP contribution >= 0.6 is 0 Å². The molecule has 2 aromatic heterocycles. The van der Waals surface area contributed by atoms with Gasteiger partial charge in [0, 0.05) is 19.3 Å². The molecule has 1 aliphatic rings. The number of pyridine rings is 1. The molecule has 0 aliphatic carbocycles. The predicted octanol–water partition coefficient (Wildman–Crippen LogP) is 3.58. The Morgan fingerprint density at radius 2 is 1.84 bits per heavy atom. The highest BCUT2D eigenvalue weighted by molar-refractivity contribution is 7.95. The summed E-state index contributed by atoms with van der Waals surface area (Å²) in [5.41, 5.74) is 1.07. The second-order valence-corrected chi connectivity index (χ2v) is 10.1. The van der Waals surface area contributed by atoms with E-state index in [1.54, 1.807) is 36.5 Å². The van der Waals surface area contributed by atoms with Gasteiger partial charge >= 0.3 is 0 Å². The van der Waals surface area contributed by atoms with Crippen molar-refractivity contribution in [2.75, 3.05) is 18.0 Å². The minimum Gasteiger partial charge on any atom is -0.356 e. The van der Waals surface area contributed by atoms with Gasteiger partial charge in [-0.25, -0.2) is 13.4 Å². The standard InChI is InChI=1S/C24H24N4O3S/c1-17-10-13-27(14-11-17)23-21(24(29)28-12-6-7-18(2)22(28)26-23)15-20(16-25)32(30,31)19-8-4-3-5-9-19/h3-9,12,15,17H,10-11,13-14H2,1-2H3. The maximum atomic E-state index is 13.5. The van der Waals surface area contributed by atoms with Gasteiger partial charge in [-0.05, 0) is 55.5 Å². The lowest BCUT2D eigenvalue weighted by Gasteiger charge is -2.32. The van der Waals surface area contributed by atoms with E-state index in [0.717, 1.165) is 18.4 Å². The van der Waals surface area contributed by atoms with E-state index in [-0.39, 0.29) is 10.5 Å². The summed E-state index contributed by atoms with van der Waals surface area (Å²) in [7, 11) is -4.08. The van der Waals surface area contributed by atoms with Crippen LogP contribution in [0.15, 0.2) is 63.3 Å². The minimum absolute atomic E-state index is 0.00541. The molecule has 0 radical (unpaired) electrons. The molecule has 1 aliphatic heterocycles. The third kappa shape index (κ3) is 3.92.